The summed E-state index contributed by atoms with van der Waals surface area (Å²) in [6, 6.07) is 0. The summed E-state index contributed by atoms with van der Waals surface area (Å²) in [5, 5.41) is 50.1. The van der Waals surface area contributed by atoms with E-state index in [4.69, 9.17) is 18.5 Å². The van der Waals surface area contributed by atoms with Crippen LogP contribution in [0.4, 0.5) is 0 Å². The molecule has 0 heterocycles. The van der Waals surface area contributed by atoms with Crippen LogP contribution in [0.15, 0.2) is 72.9 Å². The van der Waals surface area contributed by atoms with Crippen LogP contribution >= 0.6 is 7.82 Å². The van der Waals surface area contributed by atoms with Gasteiger partial charge >= 0.3 is 19.8 Å². The average Bonchev–Trinajstić information content (AvgIpc) is 3.23. The first-order valence-corrected chi connectivity index (χ1v) is 23.7. The molecular formula is C46H77O13P. The summed E-state index contributed by atoms with van der Waals surface area (Å²) in [5.41, 5.74) is 0. The maximum atomic E-state index is 12.8. The number of ether oxygens (including phenoxy) is 2. The molecule has 344 valence electrons. The van der Waals surface area contributed by atoms with Crippen LogP contribution in [0.5, 0.6) is 0 Å². The molecule has 0 aromatic rings. The van der Waals surface area contributed by atoms with E-state index in [1.165, 1.54) is 32.1 Å². The Bertz CT molecular complexity index is 1330. The molecule has 0 aliphatic heterocycles. The Kier molecular flexibility index (Phi) is 33.0. The number of phosphoric acid groups is 1. The lowest BCUT2D eigenvalue weighted by atomic mass is 9.85. The number of esters is 2. The third-order valence-electron chi connectivity index (χ3n) is 9.77. The smallest absolute Gasteiger partial charge is 0.462 e. The zero-order valence-electron chi connectivity index (χ0n) is 36.2. The van der Waals surface area contributed by atoms with Crippen LogP contribution in [0.2, 0.25) is 0 Å². The Morgan fingerprint density at radius 1 is 0.517 bits per heavy atom. The molecule has 0 amide bonds. The maximum Gasteiger partial charge on any atom is 0.472 e. The monoisotopic (exact) mass is 869 g/mol. The van der Waals surface area contributed by atoms with Gasteiger partial charge in [0.2, 0.25) is 0 Å². The standard InChI is InChI=1S/C46H77O13P/c1-3-5-7-9-11-13-15-17-19-20-21-23-24-26-28-30-32-34-39(47)56-36-38(37-57-60(54,55)59-46-44(52)42(50)41(49)43(51)45(46)53)58-40(48)35-33-31-29-27-25-22-18-16-14-12-10-8-6-4-2/h10-13,16-19,21,23,26,28,38,41-46,49-53H,3-9,14-15,20,22,24-25,27,29-37H2,1-2H3,(H,54,55)/b12-10-,13-11-,18-16-,19-17-,23-21-,28-26-/t38-,41?,42-,43?,44?,45?,46?/m1/s1. The van der Waals surface area contributed by atoms with Gasteiger partial charge in [-0.2, -0.15) is 0 Å². The van der Waals surface area contributed by atoms with Crippen molar-refractivity contribution in [3.05, 3.63) is 72.9 Å². The largest absolute Gasteiger partial charge is 0.472 e. The first-order chi connectivity index (χ1) is 28.9. The van der Waals surface area contributed by atoms with Gasteiger partial charge in [0.05, 0.1) is 6.61 Å². The molecule has 0 aromatic carbocycles. The molecule has 1 saturated carbocycles. The van der Waals surface area contributed by atoms with E-state index in [2.05, 4.69) is 74.6 Å². The summed E-state index contributed by atoms with van der Waals surface area (Å²) in [5.74, 6) is -1.19. The number of phosphoric ester groups is 1. The molecule has 0 saturated heterocycles. The van der Waals surface area contributed by atoms with Crippen LogP contribution in [-0.2, 0) is 32.7 Å². The van der Waals surface area contributed by atoms with Crippen LogP contribution in [-0.4, -0.2) is 98.3 Å². The van der Waals surface area contributed by atoms with Crippen molar-refractivity contribution < 1.29 is 63.1 Å². The highest BCUT2D eigenvalue weighted by Crippen LogP contribution is 2.47. The molecule has 1 fully saturated rings. The summed E-state index contributed by atoms with van der Waals surface area (Å²) in [4.78, 5) is 35.6. The molecule has 6 N–H and O–H groups in total. The lowest BCUT2D eigenvalue weighted by Crippen LogP contribution is -2.64. The van der Waals surface area contributed by atoms with Crippen molar-refractivity contribution in [1.82, 2.24) is 0 Å². The zero-order valence-corrected chi connectivity index (χ0v) is 37.1. The second-order valence-corrected chi connectivity index (χ2v) is 16.6. The first kappa shape index (κ1) is 55.3. The van der Waals surface area contributed by atoms with Crippen molar-refractivity contribution in [3.8, 4) is 0 Å². The molecule has 60 heavy (non-hydrogen) atoms. The van der Waals surface area contributed by atoms with Crippen LogP contribution in [0.25, 0.3) is 0 Å². The van der Waals surface area contributed by atoms with Crippen LogP contribution in [0.3, 0.4) is 0 Å². The molecule has 6 unspecified atom stereocenters. The second kappa shape index (κ2) is 35.8. The maximum absolute atomic E-state index is 12.8. The predicted octanol–water partition coefficient (Wildman–Crippen LogP) is 8.33. The van der Waals surface area contributed by atoms with Crippen molar-refractivity contribution in [3.63, 3.8) is 0 Å². The zero-order chi connectivity index (χ0) is 44.3. The minimum absolute atomic E-state index is 0.0651. The van der Waals surface area contributed by atoms with Crippen LogP contribution in [0.1, 0.15) is 149 Å². The Hall–Kier alpha value is -2.71. The van der Waals surface area contributed by atoms with Crippen LogP contribution in [0, 0.1) is 0 Å². The molecule has 0 spiro atoms. The third kappa shape index (κ3) is 28.0. The van der Waals surface area contributed by atoms with E-state index in [0.717, 1.165) is 70.6 Å². The van der Waals surface area contributed by atoms with Crippen molar-refractivity contribution in [2.75, 3.05) is 13.2 Å². The molecule has 1 aliphatic carbocycles. The van der Waals surface area contributed by atoms with Gasteiger partial charge in [0, 0.05) is 12.8 Å². The highest BCUT2D eigenvalue weighted by molar-refractivity contribution is 7.47. The number of unbranched alkanes of at least 4 members (excludes halogenated alkanes) is 11. The third-order valence-corrected chi connectivity index (χ3v) is 10.8. The van der Waals surface area contributed by atoms with Gasteiger partial charge in [-0.1, -0.05) is 132 Å². The van der Waals surface area contributed by atoms with Gasteiger partial charge < -0.3 is 39.9 Å². The van der Waals surface area contributed by atoms with E-state index in [1.807, 2.05) is 12.2 Å². The van der Waals surface area contributed by atoms with Gasteiger partial charge in [-0.05, 0) is 77.0 Å². The van der Waals surface area contributed by atoms with Crippen molar-refractivity contribution in [1.29, 1.82) is 0 Å². The summed E-state index contributed by atoms with van der Waals surface area (Å²) < 4.78 is 33.4. The number of hydrogen-bond donors (Lipinski definition) is 6. The van der Waals surface area contributed by atoms with E-state index in [0.29, 0.717) is 19.3 Å². The molecule has 0 aromatic heterocycles. The summed E-state index contributed by atoms with van der Waals surface area (Å²) in [6.07, 6.45) is 31.0. The molecular weight excluding hydrogens is 791 g/mol. The average molecular weight is 869 g/mol. The number of aliphatic hydroxyl groups excluding tert-OH is 5. The summed E-state index contributed by atoms with van der Waals surface area (Å²) >= 11 is 0. The van der Waals surface area contributed by atoms with Crippen LogP contribution < -0.4 is 0 Å². The van der Waals surface area contributed by atoms with Crippen molar-refractivity contribution in [2.45, 2.75) is 191 Å². The number of hydrogen-bond acceptors (Lipinski definition) is 12. The minimum atomic E-state index is -5.14. The predicted molar refractivity (Wildman–Crippen MR) is 235 cm³/mol. The molecule has 14 heteroatoms. The van der Waals surface area contributed by atoms with Gasteiger partial charge in [0.25, 0.3) is 0 Å². The fourth-order valence-electron chi connectivity index (χ4n) is 6.12. The number of carbonyl (C=O) groups is 2. The Morgan fingerprint density at radius 2 is 0.933 bits per heavy atom. The Morgan fingerprint density at radius 3 is 1.47 bits per heavy atom. The fourth-order valence-corrected chi connectivity index (χ4v) is 7.09. The summed E-state index contributed by atoms with van der Waals surface area (Å²) in [7, 11) is -5.14. The Balaban J connectivity index is 2.54. The first-order valence-electron chi connectivity index (χ1n) is 22.2. The quantitative estimate of drug-likeness (QED) is 0.0153. The second-order valence-electron chi connectivity index (χ2n) is 15.2. The highest BCUT2D eigenvalue weighted by atomic mass is 31.2. The van der Waals surface area contributed by atoms with Gasteiger partial charge in [-0.3, -0.25) is 18.6 Å². The molecule has 13 nitrogen and oxygen atoms in total. The number of allylic oxidation sites excluding steroid dienone is 12. The molecule has 1 rings (SSSR count). The lowest BCUT2D eigenvalue weighted by Gasteiger charge is -2.41. The van der Waals surface area contributed by atoms with E-state index < -0.39 is 75.7 Å². The van der Waals surface area contributed by atoms with E-state index >= 15 is 0 Å². The van der Waals surface area contributed by atoms with Gasteiger partial charge in [0.1, 0.15) is 43.2 Å². The highest BCUT2D eigenvalue weighted by Gasteiger charge is 2.51. The number of aliphatic hydroxyl groups is 5. The molecule has 8 atom stereocenters. The van der Waals surface area contributed by atoms with Gasteiger partial charge in [-0.25, -0.2) is 4.57 Å². The fraction of sp³-hybridized carbons (Fsp3) is 0.696. The topological polar surface area (TPSA) is 210 Å². The molecule has 1 aliphatic rings. The molecule has 0 bridgehead atoms. The van der Waals surface area contributed by atoms with E-state index in [9.17, 15) is 44.6 Å². The Labute approximate surface area is 359 Å². The SMILES string of the molecule is CCCC/C=C\C/C=C\CCCCCCCC(=O)O[C@H](COC(=O)CCC/C=C\C/C=C\C/C=C\C/C=C\CCCCC)COP(=O)(O)OC1C(O)C(O)C(O)[C@@H](O)C1O. The number of rotatable bonds is 35. The molecule has 0 radical (unpaired) electrons. The number of carbonyl (C=O) groups excluding carboxylic acids is 2. The van der Waals surface area contributed by atoms with Crippen molar-refractivity contribution in [2.24, 2.45) is 0 Å². The van der Waals surface area contributed by atoms with Gasteiger partial charge in [0.15, 0.2) is 6.10 Å². The normalized spacial score (nSPS) is 22.9. The van der Waals surface area contributed by atoms with Crippen molar-refractivity contribution >= 4 is 19.8 Å². The lowest BCUT2D eigenvalue weighted by molar-refractivity contribution is -0.220. The van der Waals surface area contributed by atoms with E-state index in [-0.39, 0.29) is 12.8 Å². The van der Waals surface area contributed by atoms with E-state index in [1.54, 1.807) is 0 Å². The van der Waals surface area contributed by atoms with Gasteiger partial charge in [-0.15, -0.1) is 0 Å². The minimum Gasteiger partial charge on any atom is -0.462 e. The summed E-state index contributed by atoms with van der Waals surface area (Å²) in [6.45, 7) is 3.15.